The summed E-state index contributed by atoms with van der Waals surface area (Å²) in [6.07, 6.45) is 12.1. The Bertz CT molecular complexity index is 330. The molecule has 4 nitrogen and oxygen atoms in total. The van der Waals surface area contributed by atoms with Crippen molar-refractivity contribution in [3.8, 4) is 0 Å². The fraction of sp³-hybridized carbons (Fsp3) is 0.944. The van der Waals surface area contributed by atoms with Gasteiger partial charge in [0, 0.05) is 25.7 Å². The summed E-state index contributed by atoms with van der Waals surface area (Å²) in [4.78, 5) is 4.67. The van der Waals surface area contributed by atoms with Crippen LogP contribution in [0.2, 0.25) is 0 Å². The molecule has 136 valence electrons. The van der Waals surface area contributed by atoms with Crippen molar-refractivity contribution in [2.24, 2.45) is 10.9 Å². The van der Waals surface area contributed by atoms with E-state index in [2.05, 4.69) is 29.5 Å². The molecule has 0 heterocycles. The van der Waals surface area contributed by atoms with E-state index in [0.29, 0.717) is 12.1 Å². The van der Waals surface area contributed by atoms with Crippen molar-refractivity contribution in [3.63, 3.8) is 0 Å². The molecular weight excluding hydrogens is 401 g/mol. The molecule has 2 atom stereocenters. The van der Waals surface area contributed by atoms with Gasteiger partial charge in [-0.15, -0.1) is 24.0 Å². The third-order valence-electron chi connectivity index (χ3n) is 4.75. The molecule has 0 spiro atoms. The number of guanidine groups is 1. The number of rotatable bonds is 8. The lowest BCUT2D eigenvalue weighted by atomic mass is 10.1. The Morgan fingerprint density at radius 2 is 1.83 bits per heavy atom. The Hall–Kier alpha value is -0.0400. The molecule has 0 radical (unpaired) electrons. The highest BCUT2D eigenvalue weighted by molar-refractivity contribution is 14.0. The van der Waals surface area contributed by atoms with Crippen molar-refractivity contribution in [1.82, 2.24) is 10.6 Å². The van der Waals surface area contributed by atoms with E-state index in [9.17, 15) is 0 Å². The van der Waals surface area contributed by atoms with E-state index < -0.39 is 0 Å². The van der Waals surface area contributed by atoms with Gasteiger partial charge in [-0.05, 0) is 44.9 Å². The number of hydrogen-bond donors (Lipinski definition) is 2. The minimum absolute atomic E-state index is 0. The molecule has 5 heteroatoms. The quantitative estimate of drug-likeness (QED) is 0.198. The average molecular weight is 437 g/mol. The van der Waals surface area contributed by atoms with Crippen LogP contribution in [0.3, 0.4) is 0 Å². The van der Waals surface area contributed by atoms with E-state index in [4.69, 9.17) is 4.74 Å². The fourth-order valence-corrected chi connectivity index (χ4v) is 3.08. The number of unbranched alkanes of at least 4 members (excludes halogenated alkanes) is 1. The zero-order valence-corrected chi connectivity index (χ0v) is 17.3. The lowest BCUT2D eigenvalue weighted by Crippen LogP contribution is -2.39. The van der Waals surface area contributed by atoms with E-state index in [-0.39, 0.29) is 24.0 Å². The van der Waals surface area contributed by atoms with Crippen LogP contribution < -0.4 is 10.6 Å². The maximum absolute atomic E-state index is 6.03. The molecule has 0 aromatic heterocycles. The summed E-state index contributed by atoms with van der Waals surface area (Å²) < 4.78 is 6.03. The third kappa shape index (κ3) is 9.13. The van der Waals surface area contributed by atoms with Gasteiger partial charge in [0.05, 0.1) is 6.10 Å². The van der Waals surface area contributed by atoms with Crippen molar-refractivity contribution in [1.29, 1.82) is 0 Å². The van der Waals surface area contributed by atoms with E-state index in [1.807, 2.05) is 0 Å². The molecule has 0 saturated heterocycles. The summed E-state index contributed by atoms with van der Waals surface area (Å²) in [5, 5.41) is 6.83. The second-order valence-electron chi connectivity index (χ2n) is 6.92. The first-order valence-corrected chi connectivity index (χ1v) is 9.46. The Morgan fingerprint density at radius 1 is 1.13 bits per heavy atom. The highest BCUT2D eigenvalue weighted by atomic mass is 127. The first kappa shape index (κ1) is 21.0. The topological polar surface area (TPSA) is 45.7 Å². The molecule has 2 aliphatic carbocycles. The molecule has 2 rings (SSSR count). The van der Waals surface area contributed by atoms with Crippen LogP contribution in [-0.2, 0) is 4.74 Å². The Labute approximate surface area is 159 Å². The molecule has 0 aromatic rings. The molecule has 2 saturated carbocycles. The van der Waals surface area contributed by atoms with Gasteiger partial charge >= 0.3 is 0 Å². The molecule has 2 unspecified atom stereocenters. The monoisotopic (exact) mass is 437 g/mol. The standard InChI is InChI=1S/C18H35N3O.HI/c1-3-19-18(21-17-14-15(17)2)20-12-8-9-13-22-16-10-6-4-5-7-11-16;/h15-17H,3-14H2,1-2H3,(H2,19,20,21);1H. The maximum atomic E-state index is 6.03. The lowest BCUT2D eigenvalue weighted by Gasteiger charge is -2.15. The summed E-state index contributed by atoms with van der Waals surface area (Å²) in [5.41, 5.74) is 0. The molecule has 0 aromatic carbocycles. The molecule has 23 heavy (non-hydrogen) atoms. The van der Waals surface area contributed by atoms with Crippen LogP contribution in [0.4, 0.5) is 0 Å². The number of ether oxygens (including phenoxy) is 1. The van der Waals surface area contributed by atoms with Crippen molar-refractivity contribution in [2.45, 2.75) is 83.8 Å². The number of nitrogens with one attached hydrogen (secondary N) is 2. The van der Waals surface area contributed by atoms with Crippen LogP contribution >= 0.6 is 24.0 Å². The average Bonchev–Trinajstić information content (AvgIpc) is 3.25. The second kappa shape index (κ2) is 12.3. The largest absolute Gasteiger partial charge is 0.378 e. The molecule has 0 amide bonds. The summed E-state index contributed by atoms with van der Waals surface area (Å²) >= 11 is 0. The zero-order valence-electron chi connectivity index (χ0n) is 15.0. The van der Waals surface area contributed by atoms with E-state index in [1.54, 1.807) is 0 Å². The Balaban J connectivity index is 0.00000264. The van der Waals surface area contributed by atoms with Crippen LogP contribution in [0.15, 0.2) is 4.99 Å². The van der Waals surface area contributed by atoms with Gasteiger partial charge in [-0.2, -0.15) is 0 Å². The third-order valence-corrected chi connectivity index (χ3v) is 4.75. The number of halogens is 1. The predicted molar refractivity (Wildman–Crippen MR) is 109 cm³/mol. The van der Waals surface area contributed by atoms with E-state index in [0.717, 1.165) is 44.4 Å². The SMILES string of the molecule is CCNC(=NCCCCOC1CCCCCC1)NC1CC1C.I. The number of nitrogens with zero attached hydrogens (tertiary/aromatic N) is 1. The number of aliphatic imine (C=N–C) groups is 1. The van der Waals surface area contributed by atoms with Crippen LogP contribution in [0.5, 0.6) is 0 Å². The summed E-state index contributed by atoms with van der Waals surface area (Å²) in [5.74, 6) is 1.79. The molecule has 0 aliphatic heterocycles. The predicted octanol–water partition coefficient (Wildman–Crippen LogP) is 4.09. The Kier molecular flexibility index (Phi) is 11.3. The van der Waals surface area contributed by atoms with Crippen LogP contribution in [0.1, 0.15) is 71.6 Å². The molecule has 2 aliphatic rings. The van der Waals surface area contributed by atoms with Gasteiger partial charge in [-0.3, -0.25) is 4.99 Å². The van der Waals surface area contributed by atoms with Gasteiger partial charge in [0.15, 0.2) is 5.96 Å². The first-order valence-electron chi connectivity index (χ1n) is 9.46. The van der Waals surface area contributed by atoms with Crippen LogP contribution in [0, 0.1) is 5.92 Å². The zero-order chi connectivity index (χ0) is 15.6. The first-order chi connectivity index (χ1) is 10.8. The van der Waals surface area contributed by atoms with Crippen molar-refractivity contribution >= 4 is 29.9 Å². The van der Waals surface area contributed by atoms with Gasteiger partial charge in [0.1, 0.15) is 0 Å². The minimum atomic E-state index is 0. The smallest absolute Gasteiger partial charge is 0.191 e. The normalized spacial score (nSPS) is 25.4. The minimum Gasteiger partial charge on any atom is -0.378 e. The molecular formula is C18H36IN3O. The Morgan fingerprint density at radius 3 is 2.43 bits per heavy atom. The van der Waals surface area contributed by atoms with Crippen LogP contribution in [0.25, 0.3) is 0 Å². The molecule has 2 fully saturated rings. The number of hydrogen-bond acceptors (Lipinski definition) is 2. The van der Waals surface area contributed by atoms with Gasteiger partial charge in [0.25, 0.3) is 0 Å². The summed E-state index contributed by atoms with van der Waals surface area (Å²) in [7, 11) is 0. The lowest BCUT2D eigenvalue weighted by molar-refractivity contribution is 0.0413. The van der Waals surface area contributed by atoms with Crippen LogP contribution in [-0.4, -0.2) is 37.8 Å². The van der Waals surface area contributed by atoms with Crippen molar-refractivity contribution < 1.29 is 4.74 Å². The van der Waals surface area contributed by atoms with E-state index >= 15 is 0 Å². The fourth-order valence-electron chi connectivity index (χ4n) is 3.08. The highest BCUT2D eigenvalue weighted by Crippen LogP contribution is 2.28. The molecule has 0 bridgehead atoms. The summed E-state index contributed by atoms with van der Waals surface area (Å²) in [6.45, 7) is 7.13. The van der Waals surface area contributed by atoms with Crippen molar-refractivity contribution in [2.75, 3.05) is 19.7 Å². The summed E-state index contributed by atoms with van der Waals surface area (Å²) in [6, 6.07) is 0.636. The highest BCUT2D eigenvalue weighted by Gasteiger charge is 2.33. The van der Waals surface area contributed by atoms with Gasteiger partial charge in [0.2, 0.25) is 0 Å². The van der Waals surface area contributed by atoms with Crippen molar-refractivity contribution in [3.05, 3.63) is 0 Å². The molecule has 2 N–H and O–H groups in total. The van der Waals surface area contributed by atoms with Gasteiger partial charge in [-0.25, -0.2) is 0 Å². The maximum Gasteiger partial charge on any atom is 0.191 e. The second-order valence-corrected chi connectivity index (χ2v) is 6.92. The van der Waals surface area contributed by atoms with Gasteiger partial charge < -0.3 is 15.4 Å². The van der Waals surface area contributed by atoms with E-state index in [1.165, 1.54) is 44.9 Å². The van der Waals surface area contributed by atoms with Gasteiger partial charge in [-0.1, -0.05) is 32.6 Å².